The molecule has 0 spiro atoms. The lowest BCUT2D eigenvalue weighted by atomic mass is 10.3. The molecular weight excluding hydrogens is 114 g/mol. The third kappa shape index (κ3) is 2.30. The number of likely N-dealkylation sites (N-methyl/N-ethyl adjacent to an activating group) is 1. The monoisotopic (exact) mass is 129 g/mol. The summed E-state index contributed by atoms with van der Waals surface area (Å²) in [5.41, 5.74) is 5.66. The van der Waals surface area contributed by atoms with E-state index in [0.717, 1.165) is 26.1 Å². The smallest absolute Gasteiger partial charge is 0.0559 e. The van der Waals surface area contributed by atoms with E-state index in [1.165, 1.54) is 0 Å². The zero-order chi connectivity index (χ0) is 6.69. The first-order valence-corrected chi connectivity index (χ1v) is 3.46. The highest BCUT2D eigenvalue weighted by atomic mass is 15.2. The molecule has 0 aromatic rings. The van der Waals surface area contributed by atoms with Crippen LogP contribution in [0.3, 0.4) is 0 Å². The molecule has 3 heteroatoms. The van der Waals surface area contributed by atoms with Gasteiger partial charge in [-0.25, -0.2) is 0 Å². The van der Waals surface area contributed by atoms with Crippen LogP contribution < -0.4 is 11.1 Å². The second kappa shape index (κ2) is 3.15. The first-order valence-electron chi connectivity index (χ1n) is 3.46. The Labute approximate surface area is 56.2 Å². The van der Waals surface area contributed by atoms with Crippen molar-refractivity contribution in [3.05, 3.63) is 0 Å². The van der Waals surface area contributed by atoms with Crippen LogP contribution in [0.5, 0.6) is 0 Å². The van der Waals surface area contributed by atoms with Crippen molar-refractivity contribution in [1.29, 1.82) is 0 Å². The van der Waals surface area contributed by atoms with Crippen LogP contribution >= 0.6 is 0 Å². The molecule has 0 amide bonds. The summed E-state index contributed by atoms with van der Waals surface area (Å²) in [6, 6.07) is 0. The Morgan fingerprint density at radius 3 is 3.11 bits per heavy atom. The molecule has 1 atom stereocenters. The average molecular weight is 129 g/mol. The van der Waals surface area contributed by atoms with Crippen LogP contribution in [0.4, 0.5) is 0 Å². The van der Waals surface area contributed by atoms with Crippen molar-refractivity contribution in [3.8, 4) is 0 Å². The molecule has 1 rings (SSSR count). The molecule has 0 aromatic carbocycles. The molecule has 0 aromatic heterocycles. The van der Waals surface area contributed by atoms with Gasteiger partial charge in [-0.05, 0) is 13.5 Å². The number of hydrogen-bond acceptors (Lipinski definition) is 3. The van der Waals surface area contributed by atoms with Crippen molar-refractivity contribution in [2.75, 3.05) is 26.7 Å². The molecule has 54 valence electrons. The van der Waals surface area contributed by atoms with E-state index in [0.29, 0.717) is 0 Å². The van der Waals surface area contributed by atoms with E-state index >= 15 is 0 Å². The third-order valence-corrected chi connectivity index (χ3v) is 1.72. The van der Waals surface area contributed by atoms with Crippen LogP contribution in [0, 0.1) is 0 Å². The van der Waals surface area contributed by atoms with Crippen molar-refractivity contribution in [1.82, 2.24) is 10.2 Å². The molecule has 0 radical (unpaired) electrons. The fraction of sp³-hybridized carbons (Fsp3) is 1.00. The quantitative estimate of drug-likeness (QED) is 0.450. The maximum Gasteiger partial charge on any atom is 0.0559 e. The Balaban J connectivity index is 2.25. The maximum atomic E-state index is 5.66. The maximum absolute atomic E-state index is 5.66. The Hall–Kier alpha value is -0.120. The minimum absolute atomic E-state index is 0.218. The SMILES string of the molecule is CN1CCNC(N)CC1. The van der Waals surface area contributed by atoms with E-state index < -0.39 is 0 Å². The van der Waals surface area contributed by atoms with Gasteiger partial charge < -0.3 is 16.0 Å². The zero-order valence-corrected chi connectivity index (χ0v) is 5.93. The first-order chi connectivity index (χ1) is 4.29. The van der Waals surface area contributed by atoms with E-state index in [9.17, 15) is 0 Å². The fourth-order valence-electron chi connectivity index (χ4n) is 1.01. The minimum Gasteiger partial charge on any atom is -0.316 e. The summed E-state index contributed by atoms with van der Waals surface area (Å²) < 4.78 is 0. The van der Waals surface area contributed by atoms with Crippen molar-refractivity contribution in [3.63, 3.8) is 0 Å². The molecule has 1 fully saturated rings. The van der Waals surface area contributed by atoms with Gasteiger partial charge in [-0.3, -0.25) is 0 Å². The van der Waals surface area contributed by atoms with Gasteiger partial charge in [0, 0.05) is 19.6 Å². The number of nitrogens with one attached hydrogen (secondary N) is 1. The van der Waals surface area contributed by atoms with Crippen LogP contribution in [-0.4, -0.2) is 37.7 Å². The molecule has 1 heterocycles. The summed E-state index contributed by atoms with van der Waals surface area (Å²) in [6.07, 6.45) is 1.28. The Morgan fingerprint density at radius 1 is 1.56 bits per heavy atom. The van der Waals surface area contributed by atoms with Gasteiger partial charge in [0.15, 0.2) is 0 Å². The van der Waals surface area contributed by atoms with E-state index in [4.69, 9.17) is 5.73 Å². The fourth-order valence-corrected chi connectivity index (χ4v) is 1.01. The minimum atomic E-state index is 0.218. The van der Waals surface area contributed by atoms with Crippen LogP contribution in [-0.2, 0) is 0 Å². The lowest BCUT2D eigenvalue weighted by Crippen LogP contribution is -2.37. The molecule has 0 aliphatic carbocycles. The first kappa shape index (κ1) is 6.99. The Bertz CT molecular complexity index is 74.4. The van der Waals surface area contributed by atoms with Gasteiger partial charge in [0.25, 0.3) is 0 Å². The highest BCUT2D eigenvalue weighted by Gasteiger charge is 2.08. The molecule has 1 saturated heterocycles. The molecule has 9 heavy (non-hydrogen) atoms. The lowest BCUT2D eigenvalue weighted by Gasteiger charge is -2.10. The van der Waals surface area contributed by atoms with Crippen LogP contribution in [0.1, 0.15) is 6.42 Å². The van der Waals surface area contributed by atoms with Crippen molar-refractivity contribution in [2.45, 2.75) is 12.6 Å². The van der Waals surface area contributed by atoms with Gasteiger partial charge in [-0.15, -0.1) is 0 Å². The predicted octanol–water partition coefficient (Wildman–Crippen LogP) is -0.804. The zero-order valence-electron chi connectivity index (χ0n) is 5.93. The molecule has 3 N–H and O–H groups in total. The van der Waals surface area contributed by atoms with E-state index in [1.807, 2.05) is 0 Å². The van der Waals surface area contributed by atoms with Crippen molar-refractivity contribution < 1.29 is 0 Å². The van der Waals surface area contributed by atoms with Crippen LogP contribution in [0.2, 0.25) is 0 Å². The standard InChI is InChI=1S/C6H15N3/c1-9-4-2-6(7)8-3-5-9/h6,8H,2-5,7H2,1H3. The normalized spacial score (nSPS) is 32.0. The van der Waals surface area contributed by atoms with Crippen molar-refractivity contribution in [2.24, 2.45) is 5.73 Å². The molecule has 1 unspecified atom stereocenters. The number of nitrogens with zero attached hydrogens (tertiary/aromatic N) is 1. The Kier molecular flexibility index (Phi) is 2.45. The highest BCUT2D eigenvalue weighted by molar-refractivity contribution is 4.67. The number of rotatable bonds is 0. The van der Waals surface area contributed by atoms with Gasteiger partial charge in [0.05, 0.1) is 6.17 Å². The average Bonchev–Trinajstić information content (AvgIpc) is 1.97. The molecule has 1 aliphatic heterocycles. The molecule has 3 nitrogen and oxygen atoms in total. The second-order valence-electron chi connectivity index (χ2n) is 2.65. The van der Waals surface area contributed by atoms with Gasteiger partial charge in [-0.2, -0.15) is 0 Å². The Morgan fingerprint density at radius 2 is 2.33 bits per heavy atom. The lowest BCUT2D eigenvalue weighted by molar-refractivity contribution is 0.355. The largest absolute Gasteiger partial charge is 0.316 e. The number of nitrogens with two attached hydrogens (primary N) is 1. The summed E-state index contributed by atoms with van der Waals surface area (Å²) in [5, 5.41) is 3.21. The summed E-state index contributed by atoms with van der Waals surface area (Å²) in [7, 11) is 2.12. The summed E-state index contributed by atoms with van der Waals surface area (Å²) in [6.45, 7) is 3.26. The van der Waals surface area contributed by atoms with E-state index in [1.54, 1.807) is 0 Å². The molecule has 0 saturated carbocycles. The molecule has 1 aliphatic rings. The summed E-state index contributed by atoms with van der Waals surface area (Å²) in [4.78, 5) is 2.29. The highest BCUT2D eigenvalue weighted by Crippen LogP contribution is 1.92. The van der Waals surface area contributed by atoms with Gasteiger partial charge in [0.2, 0.25) is 0 Å². The summed E-state index contributed by atoms with van der Waals surface area (Å²) >= 11 is 0. The van der Waals surface area contributed by atoms with E-state index in [2.05, 4.69) is 17.3 Å². The van der Waals surface area contributed by atoms with Crippen LogP contribution in [0.25, 0.3) is 0 Å². The third-order valence-electron chi connectivity index (χ3n) is 1.72. The number of hydrogen-bond donors (Lipinski definition) is 2. The summed E-state index contributed by atoms with van der Waals surface area (Å²) in [5.74, 6) is 0. The van der Waals surface area contributed by atoms with E-state index in [-0.39, 0.29) is 6.17 Å². The van der Waals surface area contributed by atoms with Gasteiger partial charge >= 0.3 is 0 Å². The van der Waals surface area contributed by atoms with Crippen LogP contribution in [0.15, 0.2) is 0 Å². The van der Waals surface area contributed by atoms with Gasteiger partial charge in [-0.1, -0.05) is 0 Å². The molecular formula is C6H15N3. The molecule has 0 bridgehead atoms. The second-order valence-corrected chi connectivity index (χ2v) is 2.65. The van der Waals surface area contributed by atoms with Gasteiger partial charge in [0.1, 0.15) is 0 Å². The topological polar surface area (TPSA) is 41.3 Å². The van der Waals surface area contributed by atoms with Crippen molar-refractivity contribution >= 4 is 0 Å². The predicted molar refractivity (Wildman–Crippen MR) is 38.1 cm³/mol.